The van der Waals surface area contributed by atoms with Gasteiger partial charge in [-0.15, -0.1) is 0 Å². The summed E-state index contributed by atoms with van der Waals surface area (Å²) in [4.78, 5) is 11.0. The number of halogens is 1. The maximum absolute atomic E-state index is 12.4. The fraction of sp³-hybridized carbons (Fsp3) is 0. The predicted octanol–water partition coefficient (Wildman–Crippen LogP) is 2.77. The highest BCUT2D eigenvalue weighted by atomic mass is 79.9. The van der Waals surface area contributed by atoms with Gasteiger partial charge >= 0.3 is 0 Å². The van der Waals surface area contributed by atoms with Gasteiger partial charge in [0.05, 0.1) is 4.90 Å². The molecule has 0 aliphatic rings. The van der Waals surface area contributed by atoms with Crippen LogP contribution in [0.15, 0.2) is 64.0 Å². The van der Waals surface area contributed by atoms with Gasteiger partial charge < -0.3 is 0 Å². The van der Waals surface area contributed by atoms with Gasteiger partial charge in [0.1, 0.15) is 0 Å². The number of carbonyl (C=O) groups excluding carboxylic acids is 1. The number of hydroxylamine groups is 1. The summed E-state index contributed by atoms with van der Waals surface area (Å²) >= 11 is 3.28. The topological polar surface area (TPSA) is 95.5 Å². The van der Waals surface area contributed by atoms with Crippen LogP contribution in [0.5, 0.6) is 0 Å². The van der Waals surface area contributed by atoms with E-state index in [-0.39, 0.29) is 4.90 Å². The van der Waals surface area contributed by atoms with E-state index in [1.54, 1.807) is 36.4 Å². The van der Waals surface area contributed by atoms with Crippen LogP contribution in [0.25, 0.3) is 6.08 Å². The molecule has 0 radical (unpaired) electrons. The van der Waals surface area contributed by atoms with E-state index in [1.807, 2.05) is 0 Å². The largest absolute Gasteiger partial charge is 0.288 e. The molecule has 0 heterocycles. The van der Waals surface area contributed by atoms with Crippen LogP contribution in [0.3, 0.4) is 0 Å². The van der Waals surface area contributed by atoms with Crippen LogP contribution in [0.2, 0.25) is 0 Å². The molecular weight excluding hydrogens is 384 g/mol. The van der Waals surface area contributed by atoms with E-state index in [1.165, 1.54) is 23.7 Å². The average Bonchev–Trinajstić information content (AvgIpc) is 2.55. The molecule has 23 heavy (non-hydrogen) atoms. The number of nitrogens with one attached hydrogen (secondary N) is 2. The predicted molar refractivity (Wildman–Crippen MR) is 90.4 cm³/mol. The van der Waals surface area contributed by atoms with Crippen LogP contribution in [-0.4, -0.2) is 19.5 Å². The number of hydrogen-bond acceptors (Lipinski definition) is 4. The summed E-state index contributed by atoms with van der Waals surface area (Å²) < 4.78 is 28.0. The normalized spacial score (nSPS) is 11.4. The highest BCUT2D eigenvalue weighted by Gasteiger charge is 2.14. The Balaban J connectivity index is 2.24. The van der Waals surface area contributed by atoms with Crippen LogP contribution in [0.4, 0.5) is 5.69 Å². The van der Waals surface area contributed by atoms with Crippen molar-refractivity contribution in [2.75, 3.05) is 4.72 Å². The summed E-state index contributed by atoms with van der Waals surface area (Å²) in [5.74, 6) is -0.703. The molecule has 0 atom stereocenters. The molecule has 0 bridgehead atoms. The molecule has 0 aromatic heterocycles. The van der Waals surface area contributed by atoms with Gasteiger partial charge in [-0.25, -0.2) is 13.9 Å². The Hall–Kier alpha value is -2.16. The Morgan fingerprint density at radius 2 is 1.83 bits per heavy atom. The average molecular weight is 397 g/mol. The first kappa shape index (κ1) is 17.2. The van der Waals surface area contributed by atoms with Gasteiger partial charge in [-0.2, -0.15) is 0 Å². The molecule has 0 saturated heterocycles. The third-order valence-electron chi connectivity index (χ3n) is 2.80. The molecule has 6 nitrogen and oxygen atoms in total. The fourth-order valence-electron chi connectivity index (χ4n) is 1.73. The monoisotopic (exact) mass is 396 g/mol. The second kappa shape index (κ2) is 7.40. The quantitative estimate of drug-likeness (QED) is 0.411. The third kappa shape index (κ3) is 4.92. The number of carbonyl (C=O) groups is 1. The van der Waals surface area contributed by atoms with E-state index in [0.717, 1.165) is 10.5 Å². The molecule has 0 aliphatic carbocycles. The van der Waals surface area contributed by atoms with Crippen LogP contribution < -0.4 is 10.2 Å². The van der Waals surface area contributed by atoms with E-state index < -0.39 is 15.9 Å². The molecule has 3 N–H and O–H groups in total. The van der Waals surface area contributed by atoms with E-state index in [0.29, 0.717) is 11.3 Å². The van der Waals surface area contributed by atoms with Crippen molar-refractivity contribution >= 4 is 43.6 Å². The highest BCUT2D eigenvalue weighted by molar-refractivity contribution is 9.10. The minimum atomic E-state index is -3.74. The smallest absolute Gasteiger partial charge is 0.267 e. The van der Waals surface area contributed by atoms with Crippen molar-refractivity contribution in [1.82, 2.24) is 5.48 Å². The Morgan fingerprint density at radius 3 is 2.48 bits per heavy atom. The molecule has 1 amide bonds. The summed E-state index contributed by atoms with van der Waals surface area (Å²) in [5.41, 5.74) is 2.40. The minimum Gasteiger partial charge on any atom is -0.288 e. The summed E-state index contributed by atoms with van der Waals surface area (Å²) in [6, 6.07) is 12.8. The molecule has 120 valence electrons. The van der Waals surface area contributed by atoms with Gasteiger partial charge in [-0.1, -0.05) is 28.1 Å². The van der Waals surface area contributed by atoms with E-state index in [2.05, 4.69) is 20.7 Å². The van der Waals surface area contributed by atoms with Crippen molar-refractivity contribution in [2.45, 2.75) is 4.90 Å². The summed E-state index contributed by atoms with van der Waals surface area (Å²) in [7, 11) is -3.74. The second-order valence-corrected chi connectivity index (χ2v) is 7.09. The molecule has 2 aromatic rings. The molecule has 2 aromatic carbocycles. The van der Waals surface area contributed by atoms with Gasteiger partial charge in [0.2, 0.25) is 0 Å². The standard InChI is InChI=1S/C15H13BrN2O4S/c16-12-5-7-13(8-6-12)18-23(21,22)14-3-1-2-11(10-14)4-9-15(19)17-20/h1-10,18,20H,(H,17,19)/b9-4+. The first-order valence-electron chi connectivity index (χ1n) is 6.41. The van der Waals surface area contributed by atoms with Gasteiger partial charge in [0.25, 0.3) is 15.9 Å². The Kier molecular flexibility index (Phi) is 5.54. The molecule has 0 spiro atoms. The lowest BCUT2D eigenvalue weighted by Gasteiger charge is -2.08. The fourth-order valence-corrected chi connectivity index (χ4v) is 3.10. The third-order valence-corrected chi connectivity index (χ3v) is 4.71. The van der Waals surface area contributed by atoms with Crippen molar-refractivity contribution < 1.29 is 18.4 Å². The van der Waals surface area contributed by atoms with Gasteiger partial charge in [-0.05, 0) is 48.0 Å². The number of amides is 1. The molecule has 0 aliphatic heterocycles. The zero-order chi connectivity index (χ0) is 16.9. The maximum Gasteiger partial charge on any atom is 0.267 e. The van der Waals surface area contributed by atoms with Crippen molar-refractivity contribution in [3.05, 3.63) is 64.6 Å². The lowest BCUT2D eigenvalue weighted by molar-refractivity contribution is -0.124. The summed E-state index contributed by atoms with van der Waals surface area (Å²) in [6.07, 6.45) is 2.48. The van der Waals surface area contributed by atoms with E-state index >= 15 is 0 Å². The first-order chi connectivity index (χ1) is 10.9. The number of sulfonamides is 1. The number of rotatable bonds is 5. The maximum atomic E-state index is 12.4. The number of benzene rings is 2. The van der Waals surface area contributed by atoms with Crippen molar-refractivity contribution in [3.63, 3.8) is 0 Å². The summed E-state index contributed by atoms with van der Waals surface area (Å²) in [5, 5.41) is 8.42. The lowest BCUT2D eigenvalue weighted by Crippen LogP contribution is -2.15. The Morgan fingerprint density at radius 1 is 1.13 bits per heavy atom. The first-order valence-corrected chi connectivity index (χ1v) is 8.69. The molecule has 8 heteroatoms. The summed E-state index contributed by atoms with van der Waals surface area (Å²) in [6.45, 7) is 0. The SMILES string of the molecule is O=C(/C=C/c1cccc(S(=O)(=O)Nc2ccc(Br)cc2)c1)NO. The van der Waals surface area contributed by atoms with Gasteiger partial charge in [0, 0.05) is 16.2 Å². The van der Waals surface area contributed by atoms with Crippen LogP contribution >= 0.6 is 15.9 Å². The number of anilines is 1. The molecule has 0 fully saturated rings. The van der Waals surface area contributed by atoms with Crippen LogP contribution in [0, 0.1) is 0 Å². The van der Waals surface area contributed by atoms with Crippen LogP contribution in [0.1, 0.15) is 5.56 Å². The second-order valence-electron chi connectivity index (χ2n) is 4.49. The highest BCUT2D eigenvalue weighted by Crippen LogP contribution is 2.19. The Labute approximate surface area is 142 Å². The van der Waals surface area contributed by atoms with Crippen molar-refractivity contribution in [3.8, 4) is 0 Å². The minimum absolute atomic E-state index is 0.0620. The Bertz CT molecular complexity index is 833. The van der Waals surface area contributed by atoms with Crippen LogP contribution in [-0.2, 0) is 14.8 Å². The van der Waals surface area contributed by atoms with Crippen molar-refractivity contribution in [2.24, 2.45) is 0 Å². The van der Waals surface area contributed by atoms with Crippen molar-refractivity contribution in [1.29, 1.82) is 0 Å². The van der Waals surface area contributed by atoms with Gasteiger partial charge in [0.15, 0.2) is 0 Å². The molecular formula is C15H13BrN2O4S. The molecule has 2 rings (SSSR count). The van der Waals surface area contributed by atoms with E-state index in [4.69, 9.17) is 5.21 Å². The van der Waals surface area contributed by atoms with E-state index in [9.17, 15) is 13.2 Å². The molecule has 0 unspecified atom stereocenters. The lowest BCUT2D eigenvalue weighted by atomic mass is 10.2. The zero-order valence-corrected chi connectivity index (χ0v) is 14.1. The number of hydrogen-bond donors (Lipinski definition) is 3. The van der Waals surface area contributed by atoms with Gasteiger partial charge in [-0.3, -0.25) is 14.7 Å². The molecule has 0 saturated carbocycles. The zero-order valence-electron chi connectivity index (χ0n) is 11.7.